The van der Waals surface area contributed by atoms with E-state index >= 15 is 0 Å². The predicted octanol–water partition coefficient (Wildman–Crippen LogP) is 1.16. The second-order valence-corrected chi connectivity index (χ2v) is 4.31. The summed E-state index contributed by atoms with van der Waals surface area (Å²) in [5.41, 5.74) is 1.83. The van der Waals surface area contributed by atoms with Crippen LogP contribution in [-0.4, -0.2) is 36.9 Å². The number of hydrogen-bond acceptors (Lipinski definition) is 5. The molecular weight excluding hydrogens is 246 g/mol. The molecule has 2 aromatic rings. The topological polar surface area (TPSA) is 92.9 Å². The first-order valence-electron chi connectivity index (χ1n) is 5.82. The van der Waals surface area contributed by atoms with Gasteiger partial charge >= 0.3 is 5.97 Å². The van der Waals surface area contributed by atoms with Crippen LogP contribution in [-0.2, 0) is 4.79 Å². The fourth-order valence-corrected chi connectivity index (χ4v) is 1.67. The van der Waals surface area contributed by atoms with Crippen molar-refractivity contribution in [3.05, 3.63) is 29.8 Å². The lowest BCUT2D eigenvalue weighted by atomic mass is 10.3. The molecule has 0 aromatic carbocycles. The van der Waals surface area contributed by atoms with E-state index in [9.17, 15) is 4.79 Å². The summed E-state index contributed by atoms with van der Waals surface area (Å²) < 4.78 is 1.67. The van der Waals surface area contributed by atoms with E-state index in [4.69, 9.17) is 5.11 Å². The van der Waals surface area contributed by atoms with Crippen LogP contribution < -0.4 is 5.32 Å². The minimum absolute atomic E-state index is 0.403. The highest BCUT2D eigenvalue weighted by Crippen LogP contribution is 2.11. The largest absolute Gasteiger partial charge is 0.480 e. The Kier molecular flexibility index (Phi) is 3.46. The highest BCUT2D eigenvalue weighted by Gasteiger charge is 2.12. The van der Waals surface area contributed by atoms with E-state index in [-0.39, 0.29) is 0 Å². The zero-order valence-corrected chi connectivity index (χ0v) is 11.0. The molecule has 2 heterocycles. The Bertz CT molecular complexity index is 608. The smallest absolute Gasteiger partial charge is 0.325 e. The third-order valence-electron chi connectivity index (χ3n) is 2.58. The van der Waals surface area contributed by atoms with Crippen molar-refractivity contribution in [3.8, 4) is 5.82 Å². The summed E-state index contributed by atoms with van der Waals surface area (Å²) >= 11 is 0. The van der Waals surface area contributed by atoms with Crippen LogP contribution in [0, 0.1) is 13.8 Å². The molecule has 0 bridgehead atoms. The van der Waals surface area contributed by atoms with Gasteiger partial charge in [-0.1, -0.05) is 0 Å². The number of nitrogens with one attached hydrogen (secondary N) is 1. The Morgan fingerprint density at radius 3 is 2.74 bits per heavy atom. The van der Waals surface area contributed by atoms with Gasteiger partial charge in [-0.3, -0.25) is 9.78 Å². The van der Waals surface area contributed by atoms with Crippen LogP contribution in [0.1, 0.15) is 18.3 Å². The summed E-state index contributed by atoms with van der Waals surface area (Å²) in [5, 5.41) is 15.9. The van der Waals surface area contributed by atoms with Gasteiger partial charge in [-0.05, 0) is 26.8 Å². The van der Waals surface area contributed by atoms with Crippen molar-refractivity contribution < 1.29 is 9.90 Å². The molecule has 0 unspecified atom stereocenters. The Balaban J connectivity index is 2.29. The van der Waals surface area contributed by atoms with Gasteiger partial charge in [-0.15, -0.1) is 0 Å². The summed E-state index contributed by atoms with van der Waals surface area (Å²) in [5.74, 6) is 0.00598. The third-order valence-corrected chi connectivity index (χ3v) is 2.58. The Morgan fingerprint density at radius 1 is 1.42 bits per heavy atom. The Hall–Kier alpha value is -2.44. The molecule has 100 valence electrons. The van der Waals surface area contributed by atoms with Gasteiger partial charge in [0.1, 0.15) is 11.9 Å². The van der Waals surface area contributed by atoms with Crippen LogP contribution in [0.3, 0.4) is 0 Å². The Morgan fingerprint density at radius 2 is 2.16 bits per heavy atom. The summed E-state index contributed by atoms with van der Waals surface area (Å²) in [6, 6.07) is 1.20. The molecule has 0 aliphatic carbocycles. The third kappa shape index (κ3) is 2.87. The van der Waals surface area contributed by atoms with Crippen LogP contribution in [0.5, 0.6) is 0 Å². The van der Waals surface area contributed by atoms with Gasteiger partial charge in [0.05, 0.1) is 18.1 Å². The first-order valence-corrected chi connectivity index (χ1v) is 5.82. The summed E-state index contributed by atoms with van der Waals surface area (Å²) in [7, 11) is 0. The standard InChI is InChI=1S/C12H15N5O2/c1-7-4-8(2)17(16-7)11-6-13-5-10(15-11)14-9(3)12(18)19/h4-6,9H,1-3H3,(H,14,15)(H,18,19)/t9-/m1/s1. The maximum atomic E-state index is 10.8. The summed E-state index contributed by atoms with van der Waals surface area (Å²) in [4.78, 5) is 19.1. The number of carbonyl (C=O) groups is 1. The van der Waals surface area contributed by atoms with E-state index in [2.05, 4.69) is 20.4 Å². The fourth-order valence-electron chi connectivity index (χ4n) is 1.67. The van der Waals surface area contributed by atoms with Gasteiger partial charge < -0.3 is 10.4 Å². The zero-order chi connectivity index (χ0) is 14.0. The number of aromatic nitrogens is 4. The molecule has 0 saturated carbocycles. The van der Waals surface area contributed by atoms with Crippen LogP contribution in [0.2, 0.25) is 0 Å². The fraction of sp³-hybridized carbons (Fsp3) is 0.333. The molecule has 0 aliphatic rings. The van der Waals surface area contributed by atoms with E-state index < -0.39 is 12.0 Å². The number of carboxylic acid groups (broad SMARTS) is 1. The van der Waals surface area contributed by atoms with Crippen molar-refractivity contribution >= 4 is 11.8 Å². The molecule has 2 N–H and O–H groups in total. The van der Waals surface area contributed by atoms with Crippen LogP contribution >= 0.6 is 0 Å². The molecule has 2 aromatic heterocycles. The van der Waals surface area contributed by atoms with E-state index in [0.29, 0.717) is 11.6 Å². The molecule has 0 amide bonds. The first-order chi connectivity index (χ1) is 8.97. The molecule has 0 fully saturated rings. The van der Waals surface area contributed by atoms with Crippen molar-refractivity contribution in [3.63, 3.8) is 0 Å². The van der Waals surface area contributed by atoms with Crippen LogP contribution in [0.15, 0.2) is 18.5 Å². The van der Waals surface area contributed by atoms with Crippen molar-refractivity contribution in [2.24, 2.45) is 0 Å². The molecule has 0 saturated heterocycles. The number of nitrogens with zero attached hydrogens (tertiary/aromatic N) is 4. The first kappa shape index (κ1) is 13.0. The molecule has 0 aliphatic heterocycles. The number of aliphatic carboxylic acids is 1. The minimum Gasteiger partial charge on any atom is -0.480 e. The normalized spacial score (nSPS) is 12.2. The molecule has 0 radical (unpaired) electrons. The maximum Gasteiger partial charge on any atom is 0.325 e. The number of carboxylic acids is 1. The van der Waals surface area contributed by atoms with Crippen molar-refractivity contribution in [2.45, 2.75) is 26.8 Å². The van der Waals surface area contributed by atoms with E-state index in [1.165, 1.54) is 6.20 Å². The second-order valence-electron chi connectivity index (χ2n) is 4.31. The minimum atomic E-state index is -0.946. The number of aryl methyl sites for hydroxylation is 2. The number of hydrogen-bond donors (Lipinski definition) is 2. The van der Waals surface area contributed by atoms with Crippen molar-refractivity contribution in [1.29, 1.82) is 0 Å². The highest BCUT2D eigenvalue weighted by molar-refractivity contribution is 5.76. The average Bonchev–Trinajstić information content (AvgIpc) is 2.68. The quantitative estimate of drug-likeness (QED) is 0.858. The lowest BCUT2D eigenvalue weighted by molar-refractivity contribution is -0.137. The maximum absolute atomic E-state index is 10.8. The Labute approximate surface area is 110 Å². The van der Waals surface area contributed by atoms with Gasteiger partial charge in [0.2, 0.25) is 0 Å². The SMILES string of the molecule is Cc1cc(C)n(-c2cncc(N[C@H](C)C(=O)O)n2)n1. The average molecular weight is 261 g/mol. The van der Waals surface area contributed by atoms with E-state index in [1.807, 2.05) is 19.9 Å². The molecule has 19 heavy (non-hydrogen) atoms. The predicted molar refractivity (Wildman–Crippen MR) is 69.3 cm³/mol. The second kappa shape index (κ2) is 5.05. The summed E-state index contributed by atoms with van der Waals surface area (Å²) in [6.45, 7) is 5.35. The molecule has 1 atom stereocenters. The van der Waals surface area contributed by atoms with Gasteiger partial charge in [0.25, 0.3) is 0 Å². The molecule has 7 heteroatoms. The lowest BCUT2D eigenvalue weighted by Crippen LogP contribution is -2.26. The van der Waals surface area contributed by atoms with Crippen LogP contribution in [0.4, 0.5) is 5.82 Å². The van der Waals surface area contributed by atoms with Gasteiger partial charge in [-0.2, -0.15) is 5.10 Å². The van der Waals surface area contributed by atoms with E-state index in [0.717, 1.165) is 11.4 Å². The van der Waals surface area contributed by atoms with Gasteiger partial charge in [0.15, 0.2) is 5.82 Å². The van der Waals surface area contributed by atoms with Crippen LogP contribution in [0.25, 0.3) is 5.82 Å². The van der Waals surface area contributed by atoms with Crippen molar-refractivity contribution in [1.82, 2.24) is 19.7 Å². The van der Waals surface area contributed by atoms with E-state index in [1.54, 1.807) is 17.8 Å². The molecular formula is C12H15N5O2. The zero-order valence-electron chi connectivity index (χ0n) is 11.0. The number of rotatable bonds is 4. The molecule has 2 rings (SSSR count). The lowest BCUT2D eigenvalue weighted by Gasteiger charge is -2.10. The molecule has 0 spiro atoms. The number of anilines is 1. The monoisotopic (exact) mass is 261 g/mol. The summed E-state index contributed by atoms with van der Waals surface area (Å²) in [6.07, 6.45) is 3.06. The molecule has 7 nitrogen and oxygen atoms in total. The van der Waals surface area contributed by atoms with Gasteiger partial charge in [0, 0.05) is 5.69 Å². The van der Waals surface area contributed by atoms with Gasteiger partial charge in [-0.25, -0.2) is 9.67 Å². The van der Waals surface area contributed by atoms with Crippen molar-refractivity contribution in [2.75, 3.05) is 5.32 Å². The highest BCUT2D eigenvalue weighted by atomic mass is 16.4.